The summed E-state index contributed by atoms with van der Waals surface area (Å²) in [7, 11) is 1.73. The lowest BCUT2D eigenvalue weighted by atomic mass is 10.2. The molecule has 0 unspecified atom stereocenters. The molecule has 6 heteroatoms. The van der Waals surface area contributed by atoms with Crippen LogP contribution in [0.4, 0.5) is 5.82 Å². The number of rotatable bonds is 3. The smallest absolute Gasteiger partial charge is 0.255 e. The van der Waals surface area contributed by atoms with Crippen molar-refractivity contribution in [3.8, 4) is 0 Å². The van der Waals surface area contributed by atoms with Crippen LogP contribution in [0.5, 0.6) is 0 Å². The molecular formula is C12H12ClN3OS. The van der Waals surface area contributed by atoms with Crippen LogP contribution in [-0.2, 0) is 6.54 Å². The Bertz CT molecular complexity index is 556. The van der Waals surface area contributed by atoms with Crippen LogP contribution < -0.4 is 5.73 Å². The number of carbonyl (C=O) groups is 1. The minimum Gasteiger partial charge on any atom is -0.384 e. The molecule has 0 aliphatic carbocycles. The van der Waals surface area contributed by atoms with Crippen molar-refractivity contribution in [2.75, 3.05) is 12.8 Å². The van der Waals surface area contributed by atoms with E-state index in [9.17, 15) is 4.79 Å². The Hall–Kier alpha value is -1.59. The topological polar surface area (TPSA) is 59.2 Å². The van der Waals surface area contributed by atoms with Crippen LogP contribution in [0.1, 0.15) is 15.9 Å². The first-order chi connectivity index (χ1) is 8.58. The predicted octanol–water partition coefficient (Wildman–Crippen LogP) is 2.65. The molecule has 0 spiro atoms. The van der Waals surface area contributed by atoms with Crippen LogP contribution in [0.3, 0.4) is 0 Å². The summed E-state index contributed by atoms with van der Waals surface area (Å²) in [5.41, 5.74) is 7.03. The summed E-state index contributed by atoms with van der Waals surface area (Å²) in [5.74, 6) is 0.118. The van der Waals surface area contributed by atoms with Crippen molar-refractivity contribution in [3.63, 3.8) is 0 Å². The fourth-order valence-corrected chi connectivity index (χ4v) is 2.40. The van der Waals surface area contributed by atoms with Crippen molar-refractivity contribution in [2.45, 2.75) is 6.54 Å². The Morgan fingerprint density at radius 2 is 2.39 bits per heavy atom. The molecule has 0 saturated heterocycles. The maximum absolute atomic E-state index is 12.2. The number of aromatic nitrogens is 1. The summed E-state index contributed by atoms with van der Waals surface area (Å²) in [5, 5.41) is 4.29. The molecule has 2 aromatic rings. The van der Waals surface area contributed by atoms with Gasteiger partial charge in [0, 0.05) is 19.8 Å². The third-order valence-corrected chi connectivity index (χ3v) is 3.49. The van der Waals surface area contributed by atoms with E-state index in [2.05, 4.69) is 4.98 Å². The normalized spacial score (nSPS) is 10.3. The molecule has 0 saturated carbocycles. The van der Waals surface area contributed by atoms with Gasteiger partial charge in [0.05, 0.1) is 10.6 Å². The molecule has 2 aromatic heterocycles. The molecule has 1 amide bonds. The predicted molar refractivity (Wildman–Crippen MR) is 73.8 cm³/mol. The number of nitrogens with zero attached hydrogens (tertiary/aromatic N) is 2. The molecule has 94 valence electrons. The van der Waals surface area contributed by atoms with Gasteiger partial charge in [-0.1, -0.05) is 11.6 Å². The van der Waals surface area contributed by atoms with Crippen LogP contribution in [-0.4, -0.2) is 22.8 Å². The minimum absolute atomic E-state index is 0.166. The van der Waals surface area contributed by atoms with Gasteiger partial charge in [0.2, 0.25) is 0 Å². The third-order valence-electron chi connectivity index (χ3n) is 2.45. The maximum atomic E-state index is 12.2. The number of thiophene rings is 1. The van der Waals surface area contributed by atoms with Gasteiger partial charge in [-0.05, 0) is 28.5 Å². The van der Waals surface area contributed by atoms with Gasteiger partial charge in [0.25, 0.3) is 5.91 Å². The minimum atomic E-state index is -0.166. The Balaban J connectivity index is 2.17. The van der Waals surface area contributed by atoms with Gasteiger partial charge in [-0.2, -0.15) is 11.3 Å². The molecule has 2 heterocycles. The van der Waals surface area contributed by atoms with Gasteiger partial charge < -0.3 is 10.6 Å². The lowest BCUT2D eigenvalue weighted by molar-refractivity contribution is 0.0785. The summed E-state index contributed by atoms with van der Waals surface area (Å²) < 4.78 is 0. The highest BCUT2D eigenvalue weighted by atomic mass is 35.5. The SMILES string of the molecule is CN(Cc1ccsc1)C(=O)c1cc(N)ncc1Cl. The number of pyridine rings is 1. The zero-order chi connectivity index (χ0) is 13.1. The molecule has 0 bridgehead atoms. The van der Waals surface area contributed by atoms with Crippen molar-refractivity contribution in [2.24, 2.45) is 0 Å². The van der Waals surface area contributed by atoms with Gasteiger partial charge >= 0.3 is 0 Å². The van der Waals surface area contributed by atoms with E-state index in [1.54, 1.807) is 23.3 Å². The van der Waals surface area contributed by atoms with E-state index >= 15 is 0 Å². The van der Waals surface area contributed by atoms with Crippen molar-refractivity contribution in [1.29, 1.82) is 0 Å². The molecule has 2 N–H and O–H groups in total. The lowest BCUT2D eigenvalue weighted by Crippen LogP contribution is -2.26. The van der Waals surface area contributed by atoms with Crippen LogP contribution >= 0.6 is 22.9 Å². The number of hydrogen-bond acceptors (Lipinski definition) is 4. The van der Waals surface area contributed by atoms with Crippen molar-refractivity contribution in [1.82, 2.24) is 9.88 Å². The Morgan fingerprint density at radius 1 is 1.61 bits per heavy atom. The number of nitrogen functional groups attached to an aromatic ring is 1. The van der Waals surface area contributed by atoms with Crippen molar-refractivity contribution in [3.05, 3.63) is 45.2 Å². The summed E-state index contributed by atoms with van der Waals surface area (Å²) in [4.78, 5) is 17.6. The van der Waals surface area contributed by atoms with E-state index in [1.165, 1.54) is 12.3 Å². The van der Waals surface area contributed by atoms with Crippen molar-refractivity contribution >= 4 is 34.7 Å². The second kappa shape index (κ2) is 5.37. The summed E-state index contributed by atoms with van der Waals surface area (Å²) in [6.07, 6.45) is 1.39. The monoisotopic (exact) mass is 281 g/mol. The third kappa shape index (κ3) is 2.80. The highest BCUT2D eigenvalue weighted by Crippen LogP contribution is 2.19. The molecule has 0 atom stereocenters. The summed E-state index contributed by atoms with van der Waals surface area (Å²) in [6.45, 7) is 0.543. The van der Waals surface area contributed by atoms with Crippen LogP contribution in [0, 0.1) is 0 Å². The van der Waals surface area contributed by atoms with Crippen LogP contribution in [0.15, 0.2) is 29.1 Å². The summed E-state index contributed by atoms with van der Waals surface area (Å²) in [6, 6.07) is 3.48. The standard InChI is InChI=1S/C12H12ClN3OS/c1-16(6-8-2-3-18-7-8)12(17)9-4-11(14)15-5-10(9)13/h2-5,7H,6H2,1H3,(H2,14,15). The van der Waals surface area contributed by atoms with Crippen LogP contribution in [0.25, 0.3) is 0 Å². The van der Waals surface area contributed by atoms with E-state index in [1.807, 2.05) is 16.8 Å². The molecule has 0 radical (unpaired) electrons. The second-order valence-corrected chi connectivity index (χ2v) is 5.07. The molecule has 2 rings (SSSR count). The highest BCUT2D eigenvalue weighted by Gasteiger charge is 2.16. The van der Waals surface area contributed by atoms with E-state index in [-0.39, 0.29) is 11.7 Å². The van der Waals surface area contributed by atoms with E-state index in [0.29, 0.717) is 17.1 Å². The van der Waals surface area contributed by atoms with Gasteiger partial charge in [-0.25, -0.2) is 4.98 Å². The molecule has 0 aliphatic heterocycles. The number of halogens is 1. The fourth-order valence-electron chi connectivity index (χ4n) is 1.55. The molecule has 0 aromatic carbocycles. The molecule has 4 nitrogen and oxygen atoms in total. The number of hydrogen-bond donors (Lipinski definition) is 1. The zero-order valence-corrected chi connectivity index (χ0v) is 11.3. The molecule has 18 heavy (non-hydrogen) atoms. The first-order valence-corrected chi connectivity index (χ1v) is 6.57. The average Bonchev–Trinajstić information content (AvgIpc) is 2.84. The number of amides is 1. The number of anilines is 1. The van der Waals surface area contributed by atoms with Crippen molar-refractivity contribution < 1.29 is 4.79 Å². The number of carbonyl (C=O) groups excluding carboxylic acids is 1. The Kier molecular flexibility index (Phi) is 3.84. The largest absolute Gasteiger partial charge is 0.384 e. The maximum Gasteiger partial charge on any atom is 0.255 e. The highest BCUT2D eigenvalue weighted by molar-refractivity contribution is 7.07. The van der Waals surface area contributed by atoms with E-state index in [4.69, 9.17) is 17.3 Å². The van der Waals surface area contributed by atoms with Gasteiger partial charge in [-0.15, -0.1) is 0 Å². The number of nitrogens with two attached hydrogens (primary N) is 1. The zero-order valence-electron chi connectivity index (χ0n) is 9.76. The van der Waals surface area contributed by atoms with Crippen LogP contribution in [0.2, 0.25) is 5.02 Å². The molecular weight excluding hydrogens is 270 g/mol. The van der Waals surface area contributed by atoms with Gasteiger partial charge in [0.1, 0.15) is 5.82 Å². The first kappa shape index (κ1) is 12.9. The first-order valence-electron chi connectivity index (χ1n) is 5.25. The molecule has 0 aliphatic rings. The second-order valence-electron chi connectivity index (χ2n) is 3.88. The summed E-state index contributed by atoms with van der Waals surface area (Å²) >= 11 is 7.55. The van der Waals surface area contributed by atoms with E-state index in [0.717, 1.165) is 5.56 Å². The lowest BCUT2D eigenvalue weighted by Gasteiger charge is -2.17. The fraction of sp³-hybridized carbons (Fsp3) is 0.167. The Morgan fingerprint density at radius 3 is 3.06 bits per heavy atom. The quantitative estimate of drug-likeness (QED) is 0.941. The Labute approximate surface area is 114 Å². The van der Waals surface area contributed by atoms with E-state index < -0.39 is 0 Å². The van der Waals surface area contributed by atoms with Gasteiger partial charge in [0.15, 0.2) is 0 Å². The molecule has 0 fully saturated rings. The average molecular weight is 282 g/mol. The van der Waals surface area contributed by atoms with Gasteiger partial charge in [-0.3, -0.25) is 4.79 Å².